The monoisotopic (exact) mass is 406 g/mol. The van der Waals surface area contributed by atoms with Crippen molar-refractivity contribution in [2.45, 2.75) is 10.4 Å². The molecule has 0 fully saturated rings. The number of aromatic nitrogens is 1. The summed E-state index contributed by atoms with van der Waals surface area (Å²) in [6.07, 6.45) is 0. The second kappa shape index (κ2) is 8.86. The van der Waals surface area contributed by atoms with Crippen LogP contribution in [0.3, 0.4) is 0 Å². The van der Waals surface area contributed by atoms with E-state index in [1.807, 2.05) is 36.4 Å². The number of hydrogen-bond acceptors (Lipinski definition) is 4. The van der Waals surface area contributed by atoms with E-state index in [0.29, 0.717) is 17.3 Å². The van der Waals surface area contributed by atoms with Crippen molar-refractivity contribution in [3.8, 4) is 0 Å². The molecular formula is C19H21ClN3OS2+. The number of nitrogens with zero attached hydrogens (tertiary/aromatic N) is 1. The Morgan fingerprint density at radius 3 is 2.77 bits per heavy atom. The molecule has 26 heavy (non-hydrogen) atoms. The summed E-state index contributed by atoms with van der Waals surface area (Å²) in [5.74, 6) is 0.382. The van der Waals surface area contributed by atoms with Gasteiger partial charge in [0.15, 0.2) is 4.34 Å². The van der Waals surface area contributed by atoms with Gasteiger partial charge in [-0.2, -0.15) is 0 Å². The van der Waals surface area contributed by atoms with E-state index >= 15 is 0 Å². The first kappa shape index (κ1) is 19.2. The lowest BCUT2D eigenvalue weighted by molar-refractivity contribution is -0.890. The molecule has 3 rings (SSSR count). The first-order valence-corrected chi connectivity index (χ1v) is 10.5. The van der Waals surface area contributed by atoms with Gasteiger partial charge in [-0.3, -0.25) is 4.79 Å². The first-order valence-electron chi connectivity index (χ1n) is 8.33. The Morgan fingerprint density at radius 2 is 2.04 bits per heavy atom. The van der Waals surface area contributed by atoms with Crippen molar-refractivity contribution in [3.05, 3.63) is 59.1 Å². The van der Waals surface area contributed by atoms with Gasteiger partial charge in [-0.15, -0.1) is 11.3 Å². The predicted molar refractivity (Wildman–Crippen MR) is 110 cm³/mol. The minimum atomic E-state index is 0.0227. The summed E-state index contributed by atoms with van der Waals surface area (Å²) in [5.41, 5.74) is 2.11. The van der Waals surface area contributed by atoms with Crippen molar-refractivity contribution < 1.29 is 9.69 Å². The standard InChI is InChI=1S/C19H20ClN3OS2/c1-23(2)16(13-6-4-3-5-7-13)11-21-18(24)12-25-19-22-15-10-14(20)8-9-17(15)26-19/h3-10,16H,11-12H2,1-2H3,(H,21,24)/p+1/t16-/m0/s1. The van der Waals surface area contributed by atoms with Gasteiger partial charge >= 0.3 is 0 Å². The smallest absolute Gasteiger partial charge is 0.230 e. The molecule has 2 N–H and O–H groups in total. The lowest BCUT2D eigenvalue weighted by Gasteiger charge is -2.22. The molecule has 0 radical (unpaired) electrons. The molecule has 0 aliphatic carbocycles. The van der Waals surface area contributed by atoms with Crippen LogP contribution in [0.15, 0.2) is 52.9 Å². The quantitative estimate of drug-likeness (QED) is 0.593. The Hall–Kier alpha value is -1.60. The summed E-state index contributed by atoms with van der Waals surface area (Å²) in [5, 5.41) is 3.73. The zero-order valence-electron chi connectivity index (χ0n) is 14.7. The maximum atomic E-state index is 12.3. The topological polar surface area (TPSA) is 46.4 Å². The zero-order valence-corrected chi connectivity index (χ0v) is 17.0. The molecule has 3 aromatic rings. The third-order valence-electron chi connectivity index (χ3n) is 4.06. The summed E-state index contributed by atoms with van der Waals surface area (Å²) in [6, 6.07) is 16.2. The predicted octanol–water partition coefficient (Wildman–Crippen LogP) is 3.04. The molecule has 1 aromatic heterocycles. The summed E-state index contributed by atoms with van der Waals surface area (Å²) >= 11 is 9.04. The molecule has 0 saturated heterocycles. The minimum Gasteiger partial charge on any atom is -0.349 e. The van der Waals surface area contributed by atoms with Crippen molar-refractivity contribution in [3.63, 3.8) is 0 Å². The number of thiazole rings is 1. The Labute approximate surface area is 166 Å². The van der Waals surface area contributed by atoms with Crippen LogP contribution in [0.1, 0.15) is 11.6 Å². The van der Waals surface area contributed by atoms with E-state index in [-0.39, 0.29) is 11.9 Å². The number of carbonyl (C=O) groups excluding carboxylic acids is 1. The Kier molecular flexibility index (Phi) is 6.53. The normalized spacial score (nSPS) is 12.5. The van der Waals surface area contributed by atoms with Gasteiger partial charge < -0.3 is 10.2 Å². The highest BCUT2D eigenvalue weighted by Gasteiger charge is 2.18. The fourth-order valence-corrected chi connectivity index (χ4v) is 4.72. The van der Waals surface area contributed by atoms with E-state index in [1.165, 1.54) is 22.2 Å². The van der Waals surface area contributed by atoms with Crippen molar-refractivity contribution in [1.82, 2.24) is 10.3 Å². The fourth-order valence-electron chi connectivity index (χ4n) is 2.68. The maximum Gasteiger partial charge on any atom is 0.230 e. The van der Waals surface area contributed by atoms with Gasteiger partial charge in [0.05, 0.1) is 36.6 Å². The van der Waals surface area contributed by atoms with E-state index in [9.17, 15) is 4.79 Å². The van der Waals surface area contributed by atoms with E-state index in [4.69, 9.17) is 11.6 Å². The molecule has 0 saturated carbocycles. The number of nitrogens with one attached hydrogen (secondary N) is 2. The number of thioether (sulfide) groups is 1. The summed E-state index contributed by atoms with van der Waals surface area (Å²) in [4.78, 5) is 18.1. The molecule has 136 valence electrons. The van der Waals surface area contributed by atoms with Crippen LogP contribution in [-0.2, 0) is 4.79 Å². The van der Waals surface area contributed by atoms with Crippen molar-refractivity contribution in [1.29, 1.82) is 0 Å². The number of likely N-dealkylation sites (N-methyl/N-ethyl adjacent to an activating group) is 1. The molecule has 0 unspecified atom stereocenters. The summed E-state index contributed by atoms with van der Waals surface area (Å²) in [7, 11) is 4.20. The van der Waals surface area contributed by atoms with Gasteiger partial charge in [0.1, 0.15) is 6.04 Å². The summed E-state index contributed by atoms with van der Waals surface area (Å²) < 4.78 is 1.97. The highest BCUT2D eigenvalue weighted by molar-refractivity contribution is 8.01. The molecule has 2 aromatic carbocycles. The van der Waals surface area contributed by atoms with Gasteiger partial charge in [0.2, 0.25) is 5.91 Å². The third kappa shape index (κ3) is 4.98. The van der Waals surface area contributed by atoms with Crippen LogP contribution in [0, 0.1) is 0 Å². The third-order valence-corrected chi connectivity index (χ3v) is 6.47. The number of halogens is 1. The van der Waals surface area contributed by atoms with Crippen LogP contribution < -0.4 is 10.2 Å². The van der Waals surface area contributed by atoms with Gasteiger partial charge in [-0.1, -0.05) is 53.7 Å². The number of carbonyl (C=O) groups is 1. The molecule has 0 bridgehead atoms. The van der Waals surface area contributed by atoms with Gasteiger partial charge in [-0.25, -0.2) is 4.98 Å². The highest BCUT2D eigenvalue weighted by atomic mass is 35.5. The van der Waals surface area contributed by atoms with Crippen LogP contribution in [0.2, 0.25) is 5.02 Å². The minimum absolute atomic E-state index is 0.0227. The second-order valence-corrected chi connectivity index (χ2v) is 8.91. The number of benzene rings is 2. The van der Waals surface area contributed by atoms with Crippen LogP contribution in [0.5, 0.6) is 0 Å². The highest BCUT2D eigenvalue weighted by Crippen LogP contribution is 2.30. The van der Waals surface area contributed by atoms with Crippen molar-refractivity contribution in [2.75, 3.05) is 26.4 Å². The largest absolute Gasteiger partial charge is 0.349 e. The Balaban J connectivity index is 1.54. The number of quaternary nitrogens is 1. The average Bonchev–Trinajstić information content (AvgIpc) is 3.02. The van der Waals surface area contributed by atoms with E-state index in [2.05, 4.69) is 36.5 Å². The number of fused-ring (bicyclic) bond motifs is 1. The molecule has 7 heteroatoms. The van der Waals surface area contributed by atoms with E-state index in [1.54, 1.807) is 11.3 Å². The van der Waals surface area contributed by atoms with Crippen LogP contribution in [-0.4, -0.2) is 37.3 Å². The van der Waals surface area contributed by atoms with E-state index < -0.39 is 0 Å². The maximum absolute atomic E-state index is 12.3. The summed E-state index contributed by atoms with van der Waals surface area (Å²) in [6.45, 7) is 0.612. The molecule has 1 amide bonds. The first-order chi connectivity index (χ1) is 12.5. The lowest BCUT2D eigenvalue weighted by atomic mass is 10.1. The van der Waals surface area contributed by atoms with Crippen LogP contribution >= 0.6 is 34.7 Å². The molecule has 1 atom stereocenters. The number of amides is 1. The molecule has 0 aliphatic heterocycles. The number of hydrogen-bond donors (Lipinski definition) is 2. The Morgan fingerprint density at radius 1 is 1.27 bits per heavy atom. The van der Waals surface area contributed by atoms with Gasteiger partial charge in [0, 0.05) is 10.6 Å². The average molecular weight is 407 g/mol. The van der Waals surface area contributed by atoms with Crippen molar-refractivity contribution in [2.24, 2.45) is 0 Å². The van der Waals surface area contributed by atoms with Crippen LogP contribution in [0.4, 0.5) is 0 Å². The SMILES string of the molecule is C[NH+](C)[C@@H](CNC(=O)CSc1nc2cc(Cl)ccc2s1)c1ccccc1. The molecule has 1 heterocycles. The van der Waals surface area contributed by atoms with Crippen molar-refractivity contribution >= 4 is 50.8 Å². The molecule has 4 nitrogen and oxygen atoms in total. The van der Waals surface area contributed by atoms with E-state index in [0.717, 1.165) is 14.6 Å². The molecular weight excluding hydrogens is 386 g/mol. The zero-order chi connectivity index (χ0) is 18.5. The Bertz CT molecular complexity index is 883. The molecule has 0 aliphatic rings. The second-order valence-electron chi connectivity index (χ2n) is 6.23. The van der Waals surface area contributed by atoms with Crippen LogP contribution in [0.25, 0.3) is 10.2 Å². The lowest BCUT2D eigenvalue weighted by Crippen LogP contribution is -3.07. The van der Waals surface area contributed by atoms with Gasteiger partial charge in [0.25, 0.3) is 0 Å². The fraction of sp³-hybridized carbons (Fsp3) is 0.263. The molecule has 0 spiro atoms. The van der Waals surface area contributed by atoms with Gasteiger partial charge in [-0.05, 0) is 18.2 Å². The number of rotatable bonds is 7.